The standard InChI is InChI=1S/C7H13NO3/c1-8-3-5(7(10)11)2-6(9)4-8/h5-6,9H,2-4H2,1H3,(H,10,11)/t5?,6-/m0/s1. The predicted octanol–water partition coefficient (Wildman–Crippen LogP) is -0.616. The van der Waals surface area contributed by atoms with Crippen molar-refractivity contribution in [3.05, 3.63) is 0 Å². The Balaban J connectivity index is 2.49. The van der Waals surface area contributed by atoms with Gasteiger partial charge < -0.3 is 15.1 Å². The molecule has 0 spiro atoms. The first kappa shape index (κ1) is 8.49. The molecule has 2 N–H and O–H groups in total. The van der Waals surface area contributed by atoms with Gasteiger partial charge in [-0.05, 0) is 13.5 Å². The summed E-state index contributed by atoms with van der Waals surface area (Å²) in [6.45, 7) is 1.14. The number of β-amino-alcohol motifs (C(OH)–C–C–N with tert-alkyl or cyclic N) is 1. The lowest BCUT2D eigenvalue weighted by Gasteiger charge is -2.30. The van der Waals surface area contributed by atoms with Gasteiger partial charge in [-0.15, -0.1) is 0 Å². The van der Waals surface area contributed by atoms with Crippen LogP contribution in [0, 0.1) is 5.92 Å². The van der Waals surface area contributed by atoms with E-state index in [2.05, 4.69) is 0 Å². The Labute approximate surface area is 65.4 Å². The second-order valence-electron chi connectivity index (χ2n) is 3.15. The van der Waals surface area contributed by atoms with Crippen molar-refractivity contribution in [1.82, 2.24) is 4.90 Å². The lowest BCUT2D eigenvalue weighted by Crippen LogP contribution is -2.43. The third-order valence-electron chi connectivity index (χ3n) is 1.96. The van der Waals surface area contributed by atoms with Crippen molar-refractivity contribution in [2.24, 2.45) is 5.92 Å². The van der Waals surface area contributed by atoms with Gasteiger partial charge in [-0.1, -0.05) is 0 Å². The third-order valence-corrected chi connectivity index (χ3v) is 1.96. The number of hydrogen-bond acceptors (Lipinski definition) is 3. The van der Waals surface area contributed by atoms with Crippen LogP contribution in [0.5, 0.6) is 0 Å². The highest BCUT2D eigenvalue weighted by atomic mass is 16.4. The zero-order valence-electron chi connectivity index (χ0n) is 6.53. The quantitative estimate of drug-likeness (QED) is 0.535. The topological polar surface area (TPSA) is 60.8 Å². The Morgan fingerprint density at radius 2 is 2.18 bits per heavy atom. The third kappa shape index (κ3) is 2.17. The van der Waals surface area contributed by atoms with Crippen LogP contribution in [0.3, 0.4) is 0 Å². The van der Waals surface area contributed by atoms with Crippen LogP contribution >= 0.6 is 0 Å². The highest BCUT2D eigenvalue weighted by molar-refractivity contribution is 5.70. The first-order valence-electron chi connectivity index (χ1n) is 3.69. The largest absolute Gasteiger partial charge is 0.481 e. The average molecular weight is 159 g/mol. The molecule has 1 fully saturated rings. The van der Waals surface area contributed by atoms with Gasteiger partial charge in [-0.2, -0.15) is 0 Å². The summed E-state index contributed by atoms with van der Waals surface area (Å²) in [4.78, 5) is 12.3. The molecule has 1 unspecified atom stereocenters. The molecule has 1 saturated heterocycles. The monoisotopic (exact) mass is 159 g/mol. The number of aliphatic hydroxyl groups excluding tert-OH is 1. The van der Waals surface area contributed by atoms with Gasteiger partial charge in [-0.3, -0.25) is 4.79 Å². The summed E-state index contributed by atoms with van der Waals surface area (Å²) in [6, 6.07) is 0. The van der Waals surface area contributed by atoms with E-state index < -0.39 is 18.0 Å². The maximum absolute atomic E-state index is 10.5. The van der Waals surface area contributed by atoms with E-state index in [4.69, 9.17) is 5.11 Å². The van der Waals surface area contributed by atoms with Crippen LogP contribution in [-0.2, 0) is 4.79 Å². The zero-order chi connectivity index (χ0) is 8.43. The van der Waals surface area contributed by atoms with Crippen molar-refractivity contribution >= 4 is 5.97 Å². The number of likely N-dealkylation sites (N-methyl/N-ethyl adjacent to an activating group) is 1. The molecule has 0 bridgehead atoms. The van der Waals surface area contributed by atoms with Crippen LogP contribution in [0.2, 0.25) is 0 Å². The fourth-order valence-corrected chi connectivity index (χ4v) is 1.47. The molecule has 4 heteroatoms. The highest BCUT2D eigenvalue weighted by Gasteiger charge is 2.28. The number of carboxylic acid groups (broad SMARTS) is 1. The molecule has 0 aliphatic carbocycles. The van der Waals surface area contributed by atoms with Crippen molar-refractivity contribution in [2.45, 2.75) is 12.5 Å². The first-order valence-corrected chi connectivity index (χ1v) is 3.69. The van der Waals surface area contributed by atoms with Gasteiger partial charge in [0.05, 0.1) is 12.0 Å². The van der Waals surface area contributed by atoms with Gasteiger partial charge in [-0.25, -0.2) is 0 Å². The van der Waals surface area contributed by atoms with Crippen molar-refractivity contribution in [1.29, 1.82) is 0 Å². The summed E-state index contributed by atoms with van der Waals surface area (Å²) in [7, 11) is 1.82. The molecule has 1 heterocycles. The minimum absolute atomic E-state index is 0.389. The predicted molar refractivity (Wildman–Crippen MR) is 39.2 cm³/mol. The molecule has 0 radical (unpaired) electrons. The molecule has 1 aliphatic rings. The minimum Gasteiger partial charge on any atom is -0.481 e. The van der Waals surface area contributed by atoms with Crippen LogP contribution in [0.4, 0.5) is 0 Å². The smallest absolute Gasteiger partial charge is 0.307 e. The SMILES string of the molecule is CN1CC(C(=O)O)C[C@H](O)C1. The number of piperidine rings is 1. The Morgan fingerprint density at radius 1 is 1.55 bits per heavy atom. The lowest BCUT2D eigenvalue weighted by molar-refractivity contribution is -0.145. The molecule has 1 aliphatic heterocycles. The molecule has 0 amide bonds. The molecule has 0 aromatic carbocycles. The Kier molecular flexibility index (Phi) is 2.46. The number of hydrogen-bond donors (Lipinski definition) is 2. The van der Waals surface area contributed by atoms with Crippen LogP contribution < -0.4 is 0 Å². The maximum atomic E-state index is 10.5. The Hall–Kier alpha value is -0.610. The van der Waals surface area contributed by atoms with Crippen molar-refractivity contribution < 1.29 is 15.0 Å². The van der Waals surface area contributed by atoms with Gasteiger partial charge in [0.2, 0.25) is 0 Å². The molecule has 1 rings (SSSR count). The number of nitrogens with zero attached hydrogens (tertiary/aromatic N) is 1. The first-order chi connectivity index (χ1) is 5.09. The Morgan fingerprint density at radius 3 is 2.64 bits per heavy atom. The number of likely N-dealkylation sites (tertiary alicyclic amines) is 1. The van der Waals surface area contributed by atoms with Gasteiger partial charge in [0, 0.05) is 13.1 Å². The van der Waals surface area contributed by atoms with E-state index in [9.17, 15) is 9.90 Å². The summed E-state index contributed by atoms with van der Waals surface area (Å²) in [6.07, 6.45) is -0.0884. The summed E-state index contributed by atoms with van der Waals surface area (Å²) < 4.78 is 0. The van der Waals surface area contributed by atoms with Gasteiger partial charge in [0.25, 0.3) is 0 Å². The summed E-state index contributed by atoms with van der Waals surface area (Å²) in [5, 5.41) is 17.8. The van der Waals surface area contributed by atoms with Crippen LogP contribution in [0.15, 0.2) is 0 Å². The van der Waals surface area contributed by atoms with E-state index in [0.29, 0.717) is 19.5 Å². The number of aliphatic hydroxyl groups is 1. The molecular weight excluding hydrogens is 146 g/mol. The van der Waals surface area contributed by atoms with Crippen LogP contribution in [-0.4, -0.2) is 47.3 Å². The summed E-state index contributed by atoms with van der Waals surface area (Å²) in [5.41, 5.74) is 0. The van der Waals surface area contributed by atoms with Crippen molar-refractivity contribution in [3.8, 4) is 0 Å². The number of carbonyl (C=O) groups is 1. The molecular formula is C7H13NO3. The molecule has 4 nitrogen and oxygen atoms in total. The lowest BCUT2D eigenvalue weighted by atomic mass is 9.97. The molecule has 2 atom stereocenters. The second kappa shape index (κ2) is 3.19. The fourth-order valence-electron chi connectivity index (χ4n) is 1.47. The summed E-state index contributed by atoms with van der Waals surface area (Å²) in [5.74, 6) is -1.21. The molecule has 0 aromatic rings. The summed E-state index contributed by atoms with van der Waals surface area (Å²) >= 11 is 0. The molecule has 0 saturated carbocycles. The van der Waals surface area contributed by atoms with E-state index in [1.54, 1.807) is 0 Å². The Bertz CT molecular complexity index is 150. The normalized spacial score (nSPS) is 33.6. The molecule has 0 aromatic heterocycles. The van der Waals surface area contributed by atoms with Crippen molar-refractivity contribution in [2.75, 3.05) is 20.1 Å². The number of aliphatic carboxylic acids is 1. The highest BCUT2D eigenvalue weighted by Crippen LogP contribution is 2.15. The number of rotatable bonds is 1. The van der Waals surface area contributed by atoms with Gasteiger partial charge in [0.15, 0.2) is 0 Å². The minimum atomic E-state index is -0.810. The maximum Gasteiger partial charge on any atom is 0.307 e. The van der Waals surface area contributed by atoms with E-state index >= 15 is 0 Å². The second-order valence-corrected chi connectivity index (χ2v) is 3.15. The van der Waals surface area contributed by atoms with E-state index in [1.165, 1.54) is 0 Å². The zero-order valence-corrected chi connectivity index (χ0v) is 6.53. The molecule has 64 valence electrons. The van der Waals surface area contributed by atoms with E-state index in [0.717, 1.165) is 0 Å². The van der Waals surface area contributed by atoms with E-state index in [1.807, 2.05) is 11.9 Å². The fraction of sp³-hybridized carbons (Fsp3) is 0.857. The average Bonchev–Trinajstić information content (AvgIpc) is 1.85. The van der Waals surface area contributed by atoms with Crippen LogP contribution in [0.25, 0.3) is 0 Å². The molecule has 11 heavy (non-hydrogen) atoms. The van der Waals surface area contributed by atoms with Gasteiger partial charge in [0.1, 0.15) is 0 Å². The van der Waals surface area contributed by atoms with E-state index in [-0.39, 0.29) is 0 Å². The van der Waals surface area contributed by atoms with Gasteiger partial charge >= 0.3 is 5.97 Å². The number of carboxylic acids is 1. The van der Waals surface area contributed by atoms with Crippen molar-refractivity contribution in [3.63, 3.8) is 0 Å². The van der Waals surface area contributed by atoms with Crippen LogP contribution in [0.1, 0.15) is 6.42 Å².